The van der Waals surface area contributed by atoms with Gasteiger partial charge in [-0.05, 0) is 19.4 Å². The van der Waals surface area contributed by atoms with Crippen LogP contribution < -0.4 is 0 Å². The molecular formula is C13H19N3O3. The number of ether oxygens (including phenoxy) is 1. The van der Waals surface area contributed by atoms with Crippen molar-refractivity contribution in [3.05, 3.63) is 23.0 Å². The van der Waals surface area contributed by atoms with E-state index >= 15 is 0 Å². The average molecular weight is 265 g/mol. The van der Waals surface area contributed by atoms with E-state index in [1.54, 1.807) is 11.0 Å². The molecule has 1 aromatic rings. The van der Waals surface area contributed by atoms with Gasteiger partial charge in [0.05, 0.1) is 36.3 Å². The molecule has 2 heterocycles. The van der Waals surface area contributed by atoms with Gasteiger partial charge >= 0.3 is 0 Å². The SMILES string of the molecule is CCc1nnc(C)cc1C(=O)N1CCOC(CO)C1. The van der Waals surface area contributed by atoms with Gasteiger partial charge in [0.25, 0.3) is 5.91 Å². The number of hydrogen-bond acceptors (Lipinski definition) is 5. The number of rotatable bonds is 3. The minimum atomic E-state index is -0.293. The summed E-state index contributed by atoms with van der Waals surface area (Å²) in [6, 6.07) is 1.78. The van der Waals surface area contributed by atoms with Crippen molar-refractivity contribution in [2.75, 3.05) is 26.3 Å². The molecule has 0 aromatic carbocycles. The number of morpholine rings is 1. The monoisotopic (exact) mass is 265 g/mol. The van der Waals surface area contributed by atoms with Gasteiger partial charge in [-0.25, -0.2) is 0 Å². The van der Waals surface area contributed by atoms with Gasteiger partial charge in [0.2, 0.25) is 0 Å². The average Bonchev–Trinajstić information content (AvgIpc) is 2.46. The maximum atomic E-state index is 12.5. The van der Waals surface area contributed by atoms with Crippen LogP contribution in [0.25, 0.3) is 0 Å². The third kappa shape index (κ3) is 3.08. The predicted molar refractivity (Wildman–Crippen MR) is 68.9 cm³/mol. The lowest BCUT2D eigenvalue weighted by Crippen LogP contribution is -2.47. The molecule has 1 saturated heterocycles. The van der Waals surface area contributed by atoms with Crippen LogP contribution >= 0.6 is 0 Å². The molecule has 0 radical (unpaired) electrons. The first kappa shape index (κ1) is 13.9. The van der Waals surface area contributed by atoms with Crippen LogP contribution in [0.3, 0.4) is 0 Å². The molecule has 0 spiro atoms. The van der Waals surface area contributed by atoms with E-state index in [1.807, 2.05) is 13.8 Å². The molecule has 19 heavy (non-hydrogen) atoms. The molecule has 1 amide bonds. The van der Waals surface area contributed by atoms with Crippen LogP contribution in [-0.4, -0.2) is 58.5 Å². The number of aromatic nitrogens is 2. The van der Waals surface area contributed by atoms with Crippen molar-refractivity contribution in [1.29, 1.82) is 0 Å². The predicted octanol–water partition coefficient (Wildman–Crippen LogP) is 0.181. The van der Waals surface area contributed by atoms with E-state index in [0.717, 1.165) is 5.69 Å². The first-order valence-corrected chi connectivity index (χ1v) is 6.50. The normalized spacial score (nSPS) is 19.5. The summed E-state index contributed by atoms with van der Waals surface area (Å²) in [5.41, 5.74) is 2.05. The van der Waals surface area contributed by atoms with Gasteiger partial charge in [0.15, 0.2) is 0 Å². The third-order valence-electron chi connectivity index (χ3n) is 3.19. The Morgan fingerprint density at radius 3 is 3.05 bits per heavy atom. The quantitative estimate of drug-likeness (QED) is 0.844. The summed E-state index contributed by atoms with van der Waals surface area (Å²) in [6.07, 6.45) is 0.376. The molecule has 1 atom stereocenters. The molecule has 1 aliphatic heterocycles. The summed E-state index contributed by atoms with van der Waals surface area (Å²) < 4.78 is 5.35. The van der Waals surface area contributed by atoms with Crippen LogP contribution in [0.15, 0.2) is 6.07 Å². The smallest absolute Gasteiger partial charge is 0.256 e. The molecule has 0 aliphatic carbocycles. The topological polar surface area (TPSA) is 75.6 Å². The highest BCUT2D eigenvalue weighted by molar-refractivity contribution is 5.95. The molecule has 2 rings (SSSR count). The number of carbonyl (C=O) groups is 1. The van der Waals surface area contributed by atoms with Gasteiger partial charge in [0.1, 0.15) is 0 Å². The molecule has 1 aromatic heterocycles. The second kappa shape index (κ2) is 6.08. The lowest BCUT2D eigenvalue weighted by Gasteiger charge is -2.32. The maximum Gasteiger partial charge on any atom is 0.256 e. The van der Waals surface area contributed by atoms with E-state index in [-0.39, 0.29) is 18.6 Å². The van der Waals surface area contributed by atoms with Gasteiger partial charge < -0.3 is 14.7 Å². The van der Waals surface area contributed by atoms with Gasteiger partial charge in [-0.3, -0.25) is 4.79 Å². The number of aliphatic hydroxyl groups excluding tert-OH is 1. The van der Waals surface area contributed by atoms with Crippen molar-refractivity contribution >= 4 is 5.91 Å². The lowest BCUT2D eigenvalue weighted by atomic mass is 10.1. The van der Waals surface area contributed by atoms with Gasteiger partial charge in [-0.2, -0.15) is 10.2 Å². The highest BCUT2D eigenvalue weighted by atomic mass is 16.5. The third-order valence-corrected chi connectivity index (χ3v) is 3.19. The molecule has 6 nitrogen and oxygen atoms in total. The fourth-order valence-corrected chi connectivity index (χ4v) is 2.15. The number of aryl methyl sites for hydroxylation is 2. The van der Waals surface area contributed by atoms with E-state index < -0.39 is 0 Å². The molecule has 6 heteroatoms. The standard InChI is InChI=1S/C13H19N3O3/c1-3-12-11(6-9(2)14-15-12)13(18)16-4-5-19-10(7-16)8-17/h6,10,17H,3-5,7-8H2,1-2H3. The first-order valence-electron chi connectivity index (χ1n) is 6.50. The van der Waals surface area contributed by atoms with Crippen LogP contribution in [0.5, 0.6) is 0 Å². The summed E-state index contributed by atoms with van der Waals surface area (Å²) in [4.78, 5) is 14.2. The summed E-state index contributed by atoms with van der Waals surface area (Å²) in [5, 5.41) is 17.2. The van der Waals surface area contributed by atoms with E-state index in [2.05, 4.69) is 10.2 Å². The second-order valence-corrected chi connectivity index (χ2v) is 4.63. The van der Waals surface area contributed by atoms with Crippen LogP contribution in [0, 0.1) is 6.92 Å². The lowest BCUT2D eigenvalue weighted by molar-refractivity contribution is -0.0447. The summed E-state index contributed by atoms with van der Waals surface area (Å²) in [5.74, 6) is -0.0587. The Hall–Kier alpha value is -1.53. The number of amides is 1. The minimum absolute atomic E-state index is 0.0587. The molecular weight excluding hydrogens is 246 g/mol. The van der Waals surface area contributed by atoms with Crippen molar-refractivity contribution in [3.8, 4) is 0 Å². The zero-order chi connectivity index (χ0) is 13.8. The first-order chi connectivity index (χ1) is 9.15. The van der Waals surface area contributed by atoms with Crippen LogP contribution in [0.1, 0.15) is 28.7 Å². The summed E-state index contributed by atoms with van der Waals surface area (Å²) in [6.45, 7) is 5.11. The van der Waals surface area contributed by atoms with E-state index in [9.17, 15) is 4.79 Å². The fraction of sp³-hybridized carbons (Fsp3) is 0.615. The Labute approximate surface area is 112 Å². The van der Waals surface area contributed by atoms with Crippen molar-refractivity contribution < 1.29 is 14.6 Å². The number of nitrogens with zero attached hydrogens (tertiary/aromatic N) is 3. The Balaban J connectivity index is 2.21. The second-order valence-electron chi connectivity index (χ2n) is 4.63. The van der Waals surface area contributed by atoms with E-state index in [0.29, 0.717) is 37.4 Å². The van der Waals surface area contributed by atoms with Crippen LogP contribution in [0.2, 0.25) is 0 Å². The van der Waals surface area contributed by atoms with Crippen LogP contribution in [-0.2, 0) is 11.2 Å². The fourth-order valence-electron chi connectivity index (χ4n) is 2.15. The van der Waals surface area contributed by atoms with Crippen molar-refractivity contribution in [2.24, 2.45) is 0 Å². The van der Waals surface area contributed by atoms with Gasteiger partial charge in [-0.15, -0.1) is 0 Å². The number of carbonyl (C=O) groups excluding carboxylic acids is 1. The Bertz CT molecular complexity index is 464. The summed E-state index contributed by atoms with van der Waals surface area (Å²) in [7, 11) is 0. The molecule has 1 aliphatic rings. The van der Waals surface area contributed by atoms with Crippen molar-refractivity contribution in [2.45, 2.75) is 26.4 Å². The molecule has 0 bridgehead atoms. The zero-order valence-electron chi connectivity index (χ0n) is 11.3. The number of aliphatic hydroxyl groups is 1. The number of hydrogen-bond donors (Lipinski definition) is 1. The van der Waals surface area contributed by atoms with E-state index in [4.69, 9.17) is 9.84 Å². The molecule has 1 fully saturated rings. The molecule has 1 N–H and O–H groups in total. The van der Waals surface area contributed by atoms with Crippen molar-refractivity contribution in [3.63, 3.8) is 0 Å². The van der Waals surface area contributed by atoms with E-state index in [1.165, 1.54) is 0 Å². The van der Waals surface area contributed by atoms with Crippen LogP contribution in [0.4, 0.5) is 0 Å². The highest BCUT2D eigenvalue weighted by Crippen LogP contribution is 2.14. The van der Waals surface area contributed by atoms with Gasteiger partial charge in [-0.1, -0.05) is 6.92 Å². The summed E-state index contributed by atoms with van der Waals surface area (Å²) >= 11 is 0. The molecule has 1 unspecified atom stereocenters. The highest BCUT2D eigenvalue weighted by Gasteiger charge is 2.26. The minimum Gasteiger partial charge on any atom is -0.394 e. The Morgan fingerprint density at radius 2 is 2.37 bits per heavy atom. The van der Waals surface area contributed by atoms with Crippen molar-refractivity contribution in [1.82, 2.24) is 15.1 Å². The Morgan fingerprint density at radius 1 is 1.58 bits per heavy atom. The van der Waals surface area contributed by atoms with Gasteiger partial charge in [0, 0.05) is 13.1 Å². The molecule has 0 saturated carbocycles. The zero-order valence-corrected chi connectivity index (χ0v) is 11.3. The Kier molecular flexibility index (Phi) is 4.44. The maximum absolute atomic E-state index is 12.5. The largest absolute Gasteiger partial charge is 0.394 e. The molecule has 104 valence electrons.